The Morgan fingerprint density at radius 1 is 0.959 bits per heavy atom. The highest BCUT2D eigenvalue weighted by molar-refractivity contribution is 6.05. The molecule has 0 aliphatic heterocycles. The van der Waals surface area contributed by atoms with Crippen molar-refractivity contribution >= 4 is 28.3 Å². The molecule has 3 aromatic carbocycles. The monoisotopic (exact) mass is 662 g/mol. The van der Waals surface area contributed by atoms with Gasteiger partial charge < -0.3 is 19.6 Å². The summed E-state index contributed by atoms with van der Waals surface area (Å²) in [4.78, 5) is 26.5. The van der Waals surface area contributed by atoms with Gasteiger partial charge in [0, 0.05) is 34.6 Å². The lowest BCUT2D eigenvalue weighted by Crippen LogP contribution is -2.15. The van der Waals surface area contributed by atoms with Crippen LogP contribution in [0.25, 0.3) is 33.5 Å². The highest BCUT2D eigenvalue weighted by Gasteiger charge is 2.32. The molecule has 13 heteroatoms. The van der Waals surface area contributed by atoms with Crippen molar-refractivity contribution < 1.29 is 22.4 Å². The first kappa shape index (κ1) is 31.4. The van der Waals surface area contributed by atoms with Crippen molar-refractivity contribution in [1.29, 1.82) is 0 Å². The van der Waals surface area contributed by atoms with E-state index >= 15 is 0 Å². The summed E-state index contributed by atoms with van der Waals surface area (Å²) in [6, 6.07) is 20.0. The second-order valence-electron chi connectivity index (χ2n) is 11.6. The Morgan fingerprint density at radius 2 is 1.82 bits per heavy atom. The molecule has 10 nitrogen and oxygen atoms in total. The van der Waals surface area contributed by atoms with Gasteiger partial charge in [-0.1, -0.05) is 18.2 Å². The molecule has 0 radical (unpaired) electrons. The summed E-state index contributed by atoms with van der Waals surface area (Å²) < 4.78 is 50.3. The Bertz CT molecular complexity index is 2320. The summed E-state index contributed by atoms with van der Waals surface area (Å²) in [6.07, 6.45) is 1.79. The predicted molar refractivity (Wildman–Crippen MR) is 179 cm³/mol. The average Bonchev–Trinajstić information content (AvgIpc) is 3.84. The third-order valence-corrected chi connectivity index (χ3v) is 8.06. The van der Waals surface area contributed by atoms with Crippen LogP contribution in [-0.2, 0) is 12.7 Å². The van der Waals surface area contributed by atoms with Gasteiger partial charge in [-0.2, -0.15) is 18.3 Å². The van der Waals surface area contributed by atoms with Crippen LogP contribution >= 0.6 is 0 Å². The standard InChI is InChI=1S/C36H29F3N8O2/c1-21-6-9-28(45-35(48)26-11-27(36(37,38)39)14-29(12-26)46-19-22(2)44-23(46)3)15-31(21)24-7-8-25-17-43-47(32(25)13-24)34-16-33(41-20-42-34)40-18-30-5-4-10-49-30/h4-17,19-20H,18H2,1-3H3,(H,45,48)(H,40,41,42). The van der Waals surface area contributed by atoms with E-state index in [0.717, 1.165) is 45.5 Å². The molecule has 0 saturated carbocycles. The summed E-state index contributed by atoms with van der Waals surface area (Å²) in [5.74, 6) is 1.76. The van der Waals surface area contributed by atoms with Gasteiger partial charge in [-0.25, -0.2) is 19.6 Å². The Hall–Kier alpha value is -6.24. The Kier molecular flexibility index (Phi) is 7.95. The summed E-state index contributed by atoms with van der Waals surface area (Å²) in [7, 11) is 0. The molecule has 7 rings (SSSR count). The van der Waals surface area contributed by atoms with Crippen LogP contribution in [0, 0.1) is 20.8 Å². The number of halogens is 3. The van der Waals surface area contributed by atoms with Crippen LogP contribution in [0.15, 0.2) is 102 Å². The molecule has 4 aromatic heterocycles. The van der Waals surface area contributed by atoms with Crippen LogP contribution in [0.3, 0.4) is 0 Å². The summed E-state index contributed by atoms with van der Waals surface area (Å²) >= 11 is 0. The molecule has 4 heterocycles. The van der Waals surface area contributed by atoms with Gasteiger partial charge in [0.25, 0.3) is 5.91 Å². The first-order valence-corrected chi connectivity index (χ1v) is 15.3. The van der Waals surface area contributed by atoms with Crippen molar-refractivity contribution in [1.82, 2.24) is 29.3 Å². The largest absolute Gasteiger partial charge is 0.467 e. The van der Waals surface area contributed by atoms with Gasteiger partial charge in [0.15, 0.2) is 5.82 Å². The molecule has 49 heavy (non-hydrogen) atoms. The predicted octanol–water partition coefficient (Wildman–Crippen LogP) is 8.07. The van der Waals surface area contributed by atoms with Crippen LogP contribution in [0.5, 0.6) is 0 Å². The van der Waals surface area contributed by atoms with E-state index < -0.39 is 17.6 Å². The van der Waals surface area contributed by atoms with E-state index in [2.05, 4.69) is 30.7 Å². The minimum Gasteiger partial charge on any atom is -0.467 e. The maximum absolute atomic E-state index is 13.9. The van der Waals surface area contributed by atoms with Crippen molar-refractivity contribution in [3.05, 3.63) is 132 Å². The maximum atomic E-state index is 13.9. The first-order valence-electron chi connectivity index (χ1n) is 15.3. The second kappa shape index (κ2) is 12.4. The van der Waals surface area contributed by atoms with E-state index in [1.165, 1.54) is 17.0 Å². The van der Waals surface area contributed by atoms with Crippen molar-refractivity contribution in [2.24, 2.45) is 0 Å². The Morgan fingerprint density at radius 3 is 2.57 bits per heavy atom. The summed E-state index contributed by atoms with van der Waals surface area (Å²) in [5, 5.41) is 11.5. The minimum absolute atomic E-state index is 0.133. The zero-order chi connectivity index (χ0) is 34.3. The molecule has 0 aliphatic rings. The third-order valence-electron chi connectivity index (χ3n) is 8.06. The molecular formula is C36H29F3N8O2. The van der Waals surface area contributed by atoms with Gasteiger partial charge in [-0.05, 0) is 86.0 Å². The van der Waals surface area contributed by atoms with Crippen molar-refractivity contribution in [3.63, 3.8) is 0 Å². The Labute approximate surface area is 278 Å². The molecule has 0 atom stereocenters. The number of nitrogens with one attached hydrogen (secondary N) is 2. The fourth-order valence-electron chi connectivity index (χ4n) is 5.66. The van der Waals surface area contributed by atoms with E-state index in [1.54, 1.807) is 55.4 Å². The quantitative estimate of drug-likeness (QED) is 0.169. The number of hydrogen-bond donors (Lipinski definition) is 2. The molecule has 0 aliphatic carbocycles. The van der Waals surface area contributed by atoms with Crippen LogP contribution in [0.1, 0.15) is 38.8 Å². The first-order chi connectivity index (χ1) is 23.5. The number of rotatable bonds is 8. The number of anilines is 2. The molecule has 1 amide bonds. The maximum Gasteiger partial charge on any atom is 0.416 e. The van der Waals surface area contributed by atoms with Crippen LogP contribution < -0.4 is 10.6 Å². The topological polar surface area (TPSA) is 116 Å². The van der Waals surface area contributed by atoms with Crippen LogP contribution in [0.2, 0.25) is 0 Å². The highest BCUT2D eigenvalue weighted by atomic mass is 19.4. The van der Waals surface area contributed by atoms with Crippen molar-refractivity contribution in [3.8, 4) is 22.6 Å². The van der Waals surface area contributed by atoms with Crippen LogP contribution in [0.4, 0.5) is 24.7 Å². The summed E-state index contributed by atoms with van der Waals surface area (Å²) in [6.45, 7) is 5.84. The Balaban J connectivity index is 1.18. The number of furan rings is 1. The number of amides is 1. The van der Waals surface area contributed by atoms with E-state index in [1.807, 2.05) is 43.3 Å². The highest BCUT2D eigenvalue weighted by Crippen LogP contribution is 2.33. The number of nitrogens with zero attached hydrogens (tertiary/aromatic N) is 6. The number of imidazole rings is 1. The van der Waals surface area contributed by atoms with E-state index in [4.69, 9.17) is 4.42 Å². The SMILES string of the molecule is Cc1cn(-c2cc(C(=O)Nc3ccc(C)c(-c4ccc5cnn(-c6cc(NCc7ccco7)ncn6)c5c4)c3)cc(C(F)(F)F)c2)c(C)n1. The van der Waals surface area contributed by atoms with E-state index in [0.29, 0.717) is 35.4 Å². The molecule has 2 N–H and O–H groups in total. The summed E-state index contributed by atoms with van der Waals surface area (Å²) in [5.41, 5.74) is 3.60. The molecule has 7 aromatic rings. The average molecular weight is 663 g/mol. The number of carbonyl (C=O) groups is 1. The lowest BCUT2D eigenvalue weighted by molar-refractivity contribution is -0.137. The molecule has 0 fully saturated rings. The second-order valence-corrected chi connectivity index (χ2v) is 11.6. The lowest BCUT2D eigenvalue weighted by atomic mass is 9.98. The number of aryl methyl sites for hydroxylation is 3. The van der Waals surface area contributed by atoms with Gasteiger partial charge in [-0.15, -0.1) is 0 Å². The number of fused-ring (bicyclic) bond motifs is 1. The number of aromatic nitrogens is 6. The van der Waals surface area contributed by atoms with Gasteiger partial charge in [0.2, 0.25) is 0 Å². The molecule has 0 spiro atoms. The van der Waals surface area contributed by atoms with Gasteiger partial charge in [0.05, 0.1) is 35.8 Å². The molecule has 0 unspecified atom stereocenters. The fraction of sp³-hybridized carbons (Fsp3) is 0.139. The number of alkyl halides is 3. The normalized spacial score (nSPS) is 11.6. The smallest absolute Gasteiger partial charge is 0.416 e. The fourth-order valence-corrected chi connectivity index (χ4v) is 5.66. The molecule has 246 valence electrons. The molecular weight excluding hydrogens is 633 g/mol. The number of benzene rings is 3. The van der Waals surface area contributed by atoms with Gasteiger partial charge in [0.1, 0.15) is 23.7 Å². The van der Waals surface area contributed by atoms with Crippen LogP contribution in [-0.4, -0.2) is 35.2 Å². The third kappa shape index (κ3) is 6.50. The van der Waals surface area contributed by atoms with E-state index in [9.17, 15) is 18.0 Å². The zero-order valence-corrected chi connectivity index (χ0v) is 26.6. The minimum atomic E-state index is -4.65. The number of hydrogen-bond acceptors (Lipinski definition) is 7. The van der Waals surface area contributed by atoms with E-state index in [-0.39, 0.29) is 11.3 Å². The zero-order valence-electron chi connectivity index (χ0n) is 26.6. The van der Waals surface area contributed by atoms with Gasteiger partial charge >= 0.3 is 6.18 Å². The van der Waals surface area contributed by atoms with Crippen molar-refractivity contribution in [2.45, 2.75) is 33.5 Å². The molecule has 0 bridgehead atoms. The number of carbonyl (C=O) groups excluding carboxylic acids is 1. The van der Waals surface area contributed by atoms with Gasteiger partial charge in [-0.3, -0.25) is 4.79 Å². The molecule has 0 saturated heterocycles. The van der Waals surface area contributed by atoms with Crippen molar-refractivity contribution in [2.75, 3.05) is 10.6 Å². The lowest BCUT2D eigenvalue weighted by Gasteiger charge is -2.15.